The highest BCUT2D eigenvalue weighted by atomic mass is 35.5. The Morgan fingerprint density at radius 1 is 1.00 bits per heavy atom. The predicted molar refractivity (Wildman–Crippen MR) is 100 cm³/mol. The lowest BCUT2D eigenvalue weighted by molar-refractivity contribution is -0.133. The van der Waals surface area contributed by atoms with E-state index in [1.807, 2.05) is 31.1 Å². The maximum absolute atomic E-state index is 12.7. The van der Waals surface area contributed by atoms with Crippen molar-refractivity contribution >= 4 is 23.4 Å². The Kier molecular flexibility index (Phi) is 5.64. The third-order valence-electron chi connectivity index (χ3n) is 4.32. The summed E-state index contributed by atoms with van der Waals surface area (Å²) < 4.78 is 5.73. The van der Waals surface area contributed by atoms with E-state index in [9.17, 15) is 9.59 Å². The average Bonchev–Trinajstić information content (AvgIpc) is 3.11. The number of piperazine rings is 1. The Balaban J connectivity index is 1.61. The molecule has 2 aromatic rings. The molecular formula is C19H22ClN3O3. The molecule has 1 aromatic heterocycles. The molecule has 7 heteroatoms. The SMILES string of the molecule is CN(C)CC(=O)N1CCN(C(=O)c2ccc(-c3ccc(Cl)cc3)o2)CC1. The molecule has 1 aromatic carbocycles. The Bertz CT molecular complexity index is 778. The quantitative estimate of drug-likeness (QED) is 0.823. The van der Waals surface area contributed by atoms with E-state index in [2.05, 4.69) is 0 Å². The summed E-state index contributed by atoms with van der Waals surface area (Å²) in [5.41, 5.74) is 0.868. The summed E-state index contributed by atoms with van der Waals surface area (Å²) in [6.45, 7) is 2.49. The van der Waals surface area contributed by atoms with E-state index >= 15 is 0 Å². The first kappa shape index (κ1) is 18.5. The number of benzene rings is 1. The molecule has 2 heterocycles. The second kappa shape index (κ2) is 7.93. The number of hydrogen-bond donors (Lipinski definition) is 0. The van der Waals surface area contributed by atoms with Crippen LogP contribution < -0.4 is 0 Å². The van der Waals surface area contributed by atoms with Crippen LogP contribution in [0.25, 0.3) is 11.3 Å². The molecule has 1 saturated heterocycles. The summed E-state index contributed by atoms with van der Waals surface area (Å²) in [6.07, 6.45) is 0. The van der Waals surface area contributed by atoms with Crippen molar-refractivity contribution in [2.24, 2.45) is 0 Å². The molecule has 1 fully saturated rings. The van der Waals surface area contributed by atoms with Crippen LogP contribution in [-0.4, -0.2) is 73.3 Å². The molecule has 1 aliphatic rings. The Labute approximate surface area is 157 Å². The Hall–Kier alpha value is -2.31. The highest BCUT2D eigenvalue weighted by Gasteiger charge is 2.26. The molecule has 3 rings (SSSR count). The summed E-state index contributed by atoms with van der Waals surface area (Å²) in [7, 11) is 3.74. The predicted octanol–water partition coefficient (Wildman–Crippen LogP) is 2.45. The molecule has 1 aliphatic heterocycles. The third-order valence-corrected chi connectivity index (χ3v) is 4.57. The van der Waals surface area contributed by atoms with Gasteiger partial charge in [-0.1, -0.05) is 11.6 Å². The van der Waals surface area contributed by atoms with Gasteiger partial charge in [0.05, 0.1) is 6.54 Å². The van der Waals surface area contributed by atoms with Gasteiger partial charge in [-0.3, -0.25) is 9.59 Å². The van der Waals surface area contributed by atoms with Crippen molar-refractivity contribution in [2.45, 2.75) is 0 Å². The smallest absolute Gasteiger partial charge is 0.289 e. The molecule has 0 unspecified atom stereocenters. The van der Waals surface area contributed by atoms with E-state index < -0.39 is 0 Å². The molecule has 0 bridgehead atoms. The number of hydrogen-bond acceptors (Lipinski definition) is 4. The number of carbonyl (C=O) groups excluding carboxylic acids is 2. The third kappa shape index (κ3) is 4.26. The van der Waals surface area contributed by atoms with Gasteiger partial charge in [-0.25, -0.2) is 0 Å². The van der Waals surface area contributed by atoms with Crippen LogP contribution in [0, 0.1) is 0 Å². The summed E-state index contributed by atoms with van der Waals surface area (Å²) in [4.78, 5) is 30.1. The van der Waals surface area contributed by atoms with Gasteiger partial charge in [-0.05, 0) is 50.5 Å². The number of rotatable bonds is 4. The minimum Gasteiger partial charge on any atom is -0.451 e. The average molecular weight is 376 g/mol. The topological polar surface area (TPSA) is 57.0 Å². The highest BCUT2D eigenvalue weighted by molar-refractivity contribution is 6.30. The van der Waals surface area contributed by atoms with E-state index in [4.69, 9.17) is 16.0 Å². The second-order valence-corrected chi connectivity index (χ2v) is 7.02. The van der Waals surface area contributed by atoms with Crippen LogP contribution in [0.3, 0.4) is 0 Å². The van der Waals surface area contributed by atoms with Crippen molar-refractivity contribution < 1.29 is 14.0 Å². The first-order chi connectivity index (χ1) is 12.4. The van der Waals surface area contributed by atoms with E-state index in [0.29, 0.717) is 49.3 Å². The van der Waals surface area contributed by atoms with Crippen LogP contribution in [0.5, 0.6) is 0 Å². The van der Waals surface area contributed by atoms with E-state index in [1.54, 1.807) is 34.1 Å². The van der Waals surface area contributed by atoms with Gasteiger partial charge in [0.15, 0.2) is 5.76 Å². The van der Waals surface area contributed by atoms with Crippen molar-refractivity contribution in [1.82, 2.24) is 14.7 Å². The first-order valence-corrected chi connectivity index (χ1v) is 8.89. The minimum atomic E-state index is -0.148. The van der Waals surface area contributed by atoms with Crippen LogP contribution in [0.15, 0.2) is 40.8 Å². The molecule has 6 nitrogen and oxygen atoms in total. The summed E-state index contributed by atoms with van der Waals surface area (Å²) in [5.74, 6) is 0.878. The van der Waals surface area contributed by atoms with Gasteiger partial charge in [0.25, 0.3) is 5.91 Å². The molecule has 0 saturated carbocycles. The molecule has 0 aliphatic carbocycles. The minimum absolute atomic E-state index is 0.0881. The number of furan rings is 1. The van der Waals surface area contributed by atoms with E-state index in [1.165, 1.54) is 0 Å². The fraction of sp³-hybridized carbons (Fsp3) is 0.368. The number of amides is 2. The van der Waals surface area contributed by atoms with Crippen LogP contribution in [-0.2, 0) is 4.79 Å². The number of carbonyl (C=O) groups is 2. The van der Waals surface area contributed by atoms with Crippen LogP contribution in [0.1, 0.15) is 10.6 Å². The molecule has 0 N–H and O–H groups in total. The van der Waals surface area contributed by atoms with Gasteiger partial charge in [-0.15, -0.1) is 0 Å². The van der Waals surface area contributed by atoms with Crippen molar-refractivity contribution in [3.05, 3.63) is 47.2 Å². The Morgan fingerprint density at radius 2 is 1.62 bits per heavy atom. The van der Waals surface area contributed by atoms with Crippen molar-refractivity contribution in [3.8, 4) is 11.3 Å². The van der Waals surface area contributed by atoms with Gasteiger partial charge in [0.2, 0.25) is 5.91 Å². The van der Waals surface area contributed by atoms with Crippen LogP contribution >= 0.6 is 11.6 Å². The zero-order valence-electron chi connectivity index (χ0n) is 14.9. The van der Waals surface area contributed by atoms with Crippen molar-refractivity contribution in [2.75, 3.05) is 46.8 Å². The number of halogens is 1. The fourth-order valence-electron chi connectivity index (χ4n) is 2.91. The maximum Gasteiger partial charge on any atom is 0.289 e. The molecule has 0 spiro atoms. The van der Waals surface area contributed by atoms with Gasteiger partial charge in [0.1, 0.15) is 5.76 Å². The van der Waals surface area contributed by atoms with E-state index in [-0.39, 0.29) is 11.8 Å². The van der Waals surface area contributed by atoms with Crippen molar-refractivity contribution in [1.29, 1.82) is 0 Å². The molecule has 0 radical (unpaired) electrons. The standard InChI is InChI=1S/C19H22ClN3O3/c1-21(2)13-18(24)22-9-11-23(12-10-22)19(25)17-8-7-16(26-17)14-3-5-15(20)6-4-14/h3-8H,9-13H2,1-2H3. The second-order valence-electron chi connectivity index (χ2n) is 6.58. The maximum atomic E-state index is 12.7. The summed E-state index contributed by atoms with van der Waals surface area (Å²) in [6, 6.07) is 10.7. The molecular weight excluding hydrogens is 354 g/mol. The monoisotopic (exact) mass is 375 g/mol. The normalized spacial score (nSPS) is 14.8. The van der Waals surface area contributed by atoms with Gasteiger partial charge < -0.3 is 19.1 Å². The molecule has 0 atom stereocenters. The van der Waals surface area contributed by atoms with Crippen molar-refractivity contribution in [3.63, 3.8) is 0 Å². The number of likely N-dealkylation sites (N-methyl/N-ethyl adjacent to an activating group) is 1. The molecule has 2 amide bonds. The van der Waals surface area contributed by atoms with Crippen LogP contribution in [0.4, 0.5) is 0 Å². The summed E-state index contributed by atoms with van der Waals surface area (Å²) >= 11 is 5.90. The van der Waals surface area contributed by atoms with Crippen LogP contribution in [0.2, 0.25) is 5.02 Å². The lowest BCUT2D eigenvalue weighted by Gasteiger charge is -2.34. The fourth-order valence-corrected chi connectivity index (χ4v) is 3.03. The molecule has 26 heavy (non-hydrogen) atoms. The van der Waals surface area contributed by atoms with Gasteiger partial charge in [0, 0.05) is 36.8 Å². The first-order valence-electron chi connectivity index (χ1n) is 8.51. The van der Waals surface area contributed by atoms with Gasteiger partial charge in [-0.2, -0.15) is 0 Å². The lowest BCUT2D eigenvalue weighted by atomic mass is 10.2. The molecule has 138 valence electrons. The zero-order valence-corrected chi connectivity index (χ0v) is 15.7. The van der Waals surface area contributed by atoms with Gasteiger partial charge >= 0.3 is 0 Å². The zero-order chi connectivity index (χ0) is 18.7. The largest absolute Gasteiger partial charge is 0.451 e. The number of nitrogens with zero attached hydrogens (tertiary/aromatic N) is 3. The summed E-state index contributed by atoms with van der Waals surface area (Å²) in [5, 5.41) is 0.651. The lowest BCUT2D eigenvalue weighted by Crippen LogP contribution is -2.52. The van der Waals surface area contributed by atoms with E-state index in [0.717, 1.165) is 5.56 Å². The Morgan fingerprint density at radius 3 is 2.23 bits per heavy atom. The highest BCUT2D eigenvalue weighted by Crippen LogP contribution is 2.24.